The third-order valence-electron chi connectivity index (χ3n) is 4.88. The van der Waals surface area contributed by atoms with Crippen LogP contribution in [0.4, 0.5) is 11.8 Å². The van der Waals surface area contributed by atoms with Gasteiger partial charge in [0.05, 0.1) is 13.2 Å². The highest BCUT2D eigenvalue weighted by Crippen LogP contribution is 2.32. The van der Waals surface area contributed by atoms with Gasteiger partial charge in [-0.3, -0.25) is 0 Å². The van der Waals surface area contributed by atoms with Gasteiger partial charge in [-0.1, -0.05) is 0 Å². The van der Waals surface area contributed by atoms with E-state index in [9.17, 15) is 8.42 Å². The van der Waals surface area contributed by atoms with Crippen molar-refractivity contribution in [1.82, 2.24) is 14.3 Å². The smallest absolute Gasteiger partial charge is 0.247 e. The number of ether oxygens (including phenoxy) is 2. The highest BCUT2D eigenvalue weighted by Gasteiger charge is 2.32. The van der Waals surface area contributed by atoms with E-state index in [1.807, 2.05) is 33.8 Å². The molecule has 1 aromatic heterocycles. The van der Waals surface area contributed by atoms with Crippen molar-refractivity contribution in [2.75, 3.05) is 56.2 Å². The number of aromatic nitrogens is 2. The number of sulfonamides is 1. The third kappa shape index (κ3) is 5.37. The minimum absolute atomic E-state index is 0.140. The zero-order valence-electron chi connectivity index (χ0n) is 18.6. The lowest BCUT2D eigenvalue weighted by molar-refractivity contribution is 0.319. The predicted molar refractivity (Wildman–Crippen MR) is 121 cm³/mol. The molecule has 0 spiro atoms. The Kier molecular flexibility index (Phi) is 7.55. The fraction of sp³-hybridized carbons (Fsp3) is 0.524. The first kappa shape index (κ1) is 23.1. The lowest BCUT2D eigenvalue weighted by Crippen LogP contribution is -2.49. The normalized spacial score (nSPS) is 15.0. The molecule has 170 valence electrons. The Morgan fingerprint density at radius 3 is 2.35 bits per heavy atom. The lowest BCUT2D eigenvalue weighted by Gasteiger charge is -2.35. The van der Waals surface area contributed by atoms with E-state index in [-0.39, 0.29) is 4.90 Å². The Bertz CT molecular complexity index is 991. The number of piperazine rings is 1. The van der Waals surface area contributed by atoms with Gasteiger partial charge in [0, 0.05) is 50.6 Å². The lowest BCUT2D eigenvalue weighted by atomic mass is 10.3. The molecule has 2 aromatic rings. The highest BCUT2D eigenvalue weighted by atomic mass is 32.2. The fourth-order valence-electron chi connectivity index (χ4n) is 3.47. The topological polar surface area (TPSA) is 96.9 Å². The summed E-state index contributed by atoms with van der Waals surface area (Å²) in [4.78, 5) is 11.2. The standard InChI is InChI=1S/C21H31N5O4S/c1-5-22-21-23-16(4)14-20(24-21)25-10-12-26(13-11-25)31(27,28)19-15-17(29-6-2)8-9-18(19)30-7-3/h8-9,14-15H,5-7,10-13H2,1-4H3,(H,22,23,24). The molecule has 2 heterocycles. The summed E-state index contributed by atoms with van der Waals surface area (Å²) >= 11 is 0. The Morgan fingerprint density at radius 2 is 1.71 bits per heavy atom. The largest absolute Gasteiger partial charge is 0.494 e. The Balaban J connectivity index is 1.79. The molecule has 10 heteroatoms. The third-order valence-corrected chi connectivity index (χ3v) is 6.80. The van der Waals surface area contributed by atoms with Gasteiger partial charge in [-0.05, 0) is 39.8 Å². The zero-order chi connectivity index (χ0) is 22.4. The summed E-state index contributed by atoms with van der Waals surface area (Å²) in [5.74, 6) is 2.24. The van der Waals surface area contributed by atoms with Crippen molar-refractivity contribution in [2.24, 2.45) is 0 Å². The molecule has 0 unspecified atom stereocenters. The van der Waals surface area contributed by atoms with Crippen molar-refractivity contribution in [3.8, 4) is 11.5 Å². The Labute approximate surface area is 184 Å². The van der Waals surface area contributed by atoms with E-state index in [1.165, 1.54) is 4.31 Å². The van der Waals surface area contributed by atoms with Crippen LogP contribution in [0.3, 0.4) is 0 Å². The van der Waals surface area contributed by atoms with Crippen LogP contribution in [-0.4, -0.2) is 68.6 Å². The van der Waals surface area contributed by atoms with E-state index in [0.29, 0.717) is 56.8 Å². The number of nitrogens with one attached hydrogen (secondary N) is 1. The molecule has 31 heavy (non-hydrogen) atoms. The first-order valence-electron chi connectivity index (χ1n) is 10.6. The summed E-state index contributed by atoms with van der Waals surface area (Å²) in [6, 6.07) is 6.85. The van der Waals surface area contributed by atoms with Crippen LogP contribution in [-0.2, 0) is 10.0 Å². The molecule has 1 N–H and O–H groups in total. The van der Waals surface area contributed by atoms with E-state index in [1.54, 1.807) is 18.2 Å². The maximum Gasteiger partial charge on any atom is 0.247 e. The molecule has 0 aliphatic carbocycles. The van der Waals surface area contributed by atoms with Crippen LogP contribution in [0.15, 0.2) is 29.2 Å². The maximum atomic E-state index is 13.4. The Morgan fingerprint density at radius 1 is 1.00 bits per heavy atom. The monoisotopic (exact) mass is 449 g/mol. The minimum atomic E-state index is -3.73. The van der Waals surface area contributed by atoms with Gasteiger partial charge < -0.3 is 19.7 Å². The number of anilines is 2. The fourth-order valence-corrected chi connectivity index (χ4v) is 5.04. The van der Waals surface area contributed by atoms with Gasteiger partial charge in [0.25, 0.3) is 0 Å². The zero-order valence-corrected chi connectivity index (χ0v) is 19.4. The summed E-state index contributed by atoms with van der Waals surface area (Å²) in [6.45, 7) is 11.0. The molecule has 0 radical (unpaired) electrons. The first-order chi connectivity index (χ1) is 14.9. The second kappa shape index (κ2) is 10.1. The molecule has 1 fully saturated rings. The molecule has 1 saturated heterocycles. The van der Waals surface area contributed by atoms with E-state index in [4.69, 9.17) is 9.47 Å². The average Bonchev–Trinajstić information content (AvgIpc) is 2.75. The molecule has 1 aliphatic heterocycles. The number of hydrogen-bond acceptors (Lipinski definition) is 8. The number of benzene rings is 1. The first-order valence-corrected chi connectivity index (χ1v) is 12.1. The second-order valence-corrected chi connectivity index (χ2v) is 8.99. The summed E-state index contributed by atoms with van der Waals surface area (Å²) in [7, 11) is -3.73. The van der Waals surface area contributed by atoms with Gasteiger partial charge in [-0.2, -0.15) is 9.29 Å². The molecule has 1 aromatic carbocycles. The summed E-state index contributed by atoms with van der Waals surface area (Å²) in [5.41, 5.74) is 0.866. The van der Waals surface area contributed by atoms with E-state index >= 15 is 0 Å². The molecule has 9 nitrogen and oxygen atoms in total. The van der Waals surface area contributed by atoms with E-state index < -0.39 is 10.0 Å². The number of nitrogens with zero attached hydrogens (tertiary/aromatic N) is 4. The minimum Gasteiger partial charge on any atom is -0.494 e. The van der Waals surface area contributed by atoms with Crippen molar-refractivity contribution < 1.29 is 17.9 Å². The van der Waals surface area contributed by atoms with Crippen molar-refractivity contribution in [2.45, 2.75) is 32.6 Å². The molecule has 0 atom stereocenters. The van der Waals surface area contributed by atoms with Gasteiger partial charge in [-0.25, -0.2) is 13.4 Å². The number of rotatable bonds is 9. The molecule has 0 saturated carbocycles. The molecular formula is C21H31N5O4S. The van der Waals surface area contributed by atoms with Crippen LogP contribution in [0.1, 0.15) is 26.5 Å². The maximum absolute atomic E-state index is 13.4. The van der Waals surface area contributed by atoms with E-state index in [0.717, 1.165) is 18.1 Å². The van der Waals surface area contributed by atoms with Gasteiger partial charge >= 0.3 is 0 Å². The SMILES string of the molecule is CCNc1nc(C)cc(N2CCN(S(=O)(=O)c3cc(OCC)ccc3OCC)CC2)n1. The van der Waals surface area contributed by atoms with Gasteiger partial charge in [0.15, 0.2) is 0 Å². The van der Waals surface area contributed by atoms with Crippen molar-refractivity contribution in [3.63, 3.8) is 0 Å². The van der Waals surface area contributed by atoms with Crippen LogP contribution in [0.2, 0.25) is 0 Å². The van der Waals surface area contributed by atoms with Gasteiger partial charge in [0.1, 0.15) is 22.2 Å². The van der Waals surface area contributed by atoms with Crippen LogP contribution >= 0.6 is 0 Å². The van der Waals surface area contributed by atoms with Crippen LogP contribution < -0.4 is 19.7 Å². The molecule has 1 aliphatic rings. The molecular weight excluding hydrogens is 418 g/mol. The molecule has 3 rings (SSSR count). The summed E-state index contributed by atoms with van der Waals surface area (Å²) < 4.78 is 39.4. The Hall–Kier alpha value is -2.59. The van der Waals surface area contributed by atoms with Gasteiger partial charge in [0.2, 0.25) is 16.0 Å². The molecule has 0 bridgehead atoms. The van der Waals surface area contributed by atoms with Crippen LogP contribution in [0.25, 0.3) is 0 Å². The van der Waals surface area contributed by atoms with Crippen LogP contribution in [0, 0.1) is 6.92 Å². The summed E-state index contributed by atoms with van der Waals surface area (Å²) in [6.07, 6.45) is 0. The van der Waals surface area contributed by atoms with E-state index in [2.05, 4.69) is 20.2 Å². The van der Waals surface area contributed by atoms with Gasteiger partial charge in [-0.15, -0.1) is 0 Å². The van der Waals surface area contributed by atoms with Crippen LogP contribution in [0.5, 0.6) is 11.5 Å². The number of aryl methyl sites for hydroxylation is 1. The van der Waals surface area contributed by atoms with Crippen molar-refractivity contribution in [1.29, 1.82) is 0 Å². The van der Waals surface area contributed by atoms with Crippen molar-refractivity contribution in [3.05, 3.63) is 30.0 Å². The predicted octanol–water partition coefficient (Wildman–Crippen LogP) is 2.53. The number of hydrogen-bond donors (Lipinski definition) is 1. The second-order valence-electron chi connectivity index (χ2n) is 7.09. The molecule has 0 amide bonds. The average molecular weight is 450 g/mol. The quantitative estimate of drug-likeness (QED) is 0.624. The summed E-state index contributed by atoms with van der Waals surface area (Å²) in [5, 5.41) is 3.14. The highest BCUT2D eigenvalue weighted by molar-refractivity contribution is 7.89. The van der Waals surface area contributed by atoms with Crippen molar-refractivity contribution >= 4 is 21.8 Å².